The molecule has 0 spiro atoms. The van der Waals surface area contributed by atoms with E-state index in [-0.39, 0.29) is 23.4 Å². The molecule has 7 heteroatoms. The summed E-state index contributed by atoms with van der Waals surface area (Å²) in [4.78, 5) is 26.6. The predicted octanol–water partition coefficient (Wildman–Crippen LogP) is 3.62. The molecule has 0 bridgehead atoms. The third-order valence-electron chi connectivity index (χ3n) is 3.57. The zero-order valence-electron chi connectivity index (χ0n) is 15.1. The Hall–Kier alpha value is -2.51. The quantitative estimate of drug-likeness (QED) is 0.415. The monoisotopic (exact) mass is 402 g/mol. The van der Waals surface area contributed by atoms with E-state index in [2.05, 4.69) is 5.32 Å². The largest absolute Gasteiger partial charge is 0.466 e. The van der Waals surface area contributed by atoms with E-state index in [9.17, 15) is 9.59 Å². The fourth-order valence-corrected chi connectivity index (χ4v) is 3.16. The predicted molar refractivity (Wildman–Crippen MR) is 112 cm³/mol. The fourth-order valence-electron chi connectivity index (χ4n) is 2.29. The first kappa shape index (κ1) is 20.8. The number of thiophene rings is 1. The number of hydrogen-bond acceptors (Lipinski definition) is 5. The summed E-state index contributed by atoms with van der Waals surface area (Å²) in [6.45, 7) is 2.96. The number of thiocarbonyl (C=S) groups is 1. The van der Waals surface area contributed by atoms with Crippen LogP contribution >= 0.6 is 23.6 Å². The maximum atomic E-state index is 12.1. The van der Waals surface area contributed by atoms with E-state index < -0.39 is 0 Å². The maximum absolute atomic E-state index is 12.1. The van der Waals surface area contributed by atoms with Crippen LogP contribution in [0, 0.1) is 0 Å². The first-order valence-corrected chi connectivity index (χ1v) is 9.88. The van der Waals surface area contributed by atoms with E-state index >= 15 is 0 Å². The van der Waals surface area contributed by atoms with Crippen LogP contribution in [0.5, 0.6) is 0 Å². The van der Waals surface area contributed by atoms with Gasteiger partial charge in [-0.2, -0.15) is 0 Å². The summed E-state index contributed by atoms with van der Waals surface area (Å²) >= 11 is 6.94. The highest BCUT2D eigenvalue weighted by molar-refractivity contribution is 7.80. The van der Waals surface area contributed by atoms with Gasteiger partial charge in [0.25, 0.3) is 0 Å². The standard InChI is InChI=1S/C20H22N2O3S2/c1-2-25-19(24)12-13-22(15-16-7-4-3-5-8-16)20(26)21-18(23)11-10-17-9-6-14-27-17/h3-11,14H,2,12-13,15H2,1H3,(H,21,23,26)/b11-10+. The van der Waals surface area contributed by atoms with Crippen LogP contribution < -0.4 is 5.32 Å². The van der Waals surface area contributed by atoms with Crippen LogP contribution in [-0.4, -0.2) is 35.0 Å². The lowest BCUT2D eigenvalue weighted by Crippen LogP contribution is -2.42. The summed E-state index contributed by atoms with van der Waals surface area (Å²) in [5.41, 5.74) is 1.03. The highest BCUT2D eigenvalue weighted by atomic mass is 32.1. The zero-order valence-corrected chi connectivity index (χ0v) is 16.7. The Morgan fingerprint density at radius 3 is 2.67 bits per heavy atom. The van der Waals surface area contributed by atoms with Crippen LogP contribution in [0.25, 0.3) is 6.08 Å². The van der Waals surface area contributed by atoms with Gasteiger partial charge in [-0.15, -0.1) is 11.3 Å². The van der Waals surface area contributed by atoms with Crippen molar-refractivity contribution in [1.29, 1.82) is 0 Å². The molecule has 1 N–H and O–H groups in total. The number of benzene rings is 1. The smallest absolute Gasteiger partial charge is 0.307 e. The summed E-state index contributed by atoms with van der Waals surface area (Å²) in [6.07, 6.45) is 3.38. The second-order valence-corrected chi connectivity index (χ2v) is 6.97. The highest BCUT2D eigenvalue weighted by Crippen LogP contribution is 2.10. The molecule has 0 fully saturated rings. The van der Waals surface area contributed by atoms with Crippen molar-refractivity contribution in [1.82, 2.24) is 10.2 Å². The molecule has 1 amide bonds. The van der Waals surface area contributed by atoms with Crippen LogP contribution in [0.2, 0.25) is 0 Å². The Labute approximate surface area is 168 Å². The van der Waals surface area contributed by atoms with Gasteiger partial charge in [0.15, 0.2) is 5.11 Å². The third-order valence-corrected chi connectivity index (χ3v) is 4.76. The number of ether oxygens (including phenoxy) is 1. The van der Waals surface area contributed by atoms with E-state index in [1.165, 1.54) is 6.08 Å². The summed E-state index contributed by atoms with van der Waals surface area (Å²) < 4.78 is 4.98. The number of rotatable bonds is 8. The molecule has 0 radical (unpaired) electrons. The minimum Gasteiger partial charge on any atom is -0.466 e. The van der Waals surface area contributed by atoms with Gasteiger partial charge in [-0.05, 0) is 42.2 Å². The Balaban J connectivity index is 1.98. The molecule has 142 valence electrons. The molecule has 0 unspecified atom stereocenters. The summed E-state index contributed by atoms with van der Waals surface area (Å²) in [5, 5.41) is 4.93. The Morgan fingerprint density at radius 2 is 2.00 bits per heavy atom. The van der Waals surface area contributed by atoms with E-state index in [1.54, 1.807) is 29.2 Å². The van der Waals surface area contributed by atoms with Crippen molar-refractivity contribution >= 4 is 46.6 Å². The van der Waals surface area contributed by atoms with Crippen molar-refractivity contribution in [2.75, 3.05) is 13.2 Å². The van der Waals surface area contributed by atoms with Gasteiger partial charge in [-0.3, -0.25) is 14.9 Å². The van der Waals surface area contributed by atoms with Crippen molar-refractivity contribution in [3.63, 3.8) is 0 Å². The number of esters is 1. The molecule has 2 aromatic rings. The molecule has 0 aliphatic heterocycles. The molecule has 27 heavy (non-hydrogen) atoms. The van der Waals surface area contributed by atoms with Gasteiger partial charge in [0.1, 0.15) is 0 Å². The summed E-state index contributed by atoms with van der Waals surface area (Å²) in [5.74, 6) is -0.593. The van der Waals surface area contributed by atoms with Crippen LogP contribution in [0.1, 0.15) is 23.8 Å². The van der Waals surface area contributed by atoms with Gasteiger partial charge >= 0.3 is 5.97 Å². The van der Waals surface area contributed by atoms with E-state index in [1.807, 2.05) is 47.8 Å². The second-order valence-electron chi connectivity index (χ2n) is 5.61. The van der Waals surface area contributed by atoms with Gasteiger partial charge in [0, 0.05) is 24.0 Å². The number of nitrogens with one attached hydrogen (secondary N) is 1. The molecule has 1 aromatic carbocycles. The third kappa shape index (κ3) is 7.72. The van der Waals surface area contributed by atoms with Crippen molar-refractivity contribution in [3.8, 4) is 0 Å². The number of nitrogens with zero attached hydrogens (tertiary/aromatic N) is 1. The summed E-state index contributed by atoms with van der Waals surface area (Å²) in [7, 11) is 0. The van der Waals surface area contributed by atoms with E-state index in [4.69, 9.17) is 17.0 Å². The Bertz CT molecular complexity index is 774. The molecule has 0 saturated heterocycles. The van der Waals surface area contributed by atoms with Crippen LogP contribution in [0.3, 0.4) is 0 Å². The average Bonchev–Trinajstić information content (AvgIpc) is 3.18. The van der Waals surface area contributed by atoms with Crippen molar-refractivity contribution in [3.05, 3.63) is 64.4 Å². The zero-order chi connectivity index (χ0) is 19.5. The molecular formula is C20H22N2O3S2. The molecule has 2 rings (SSSR count). The van der Waals surface area contributed by atoms with E-state index in [0.717, 1.165) is 10.4 Å². The van der Waals surface area contributed by atoms with Crippen molar-refractivity contribution in [2.24, 2.45) is 0 Å². The molecule has 1 heterocycles. The van der Waals surface area contributed by atoms with Gasteiger partial charge < -0.3 is 9.64 Å². The lowest BCUT2D eigenvalue weighted by molar-refractivity contribution is -0.143. The molecule has 0 aliphatic carbocycles. The van der Waals surface area contributed by atoms with Gasteiger partial charge in [0.05, 0.1) is 13.0 Å². The SMILES string of the molecule is CCOC(=O)CCN(Cc1ccccc1)C(=S)NC(=O)/C=C/c1cccs1. The normalized spacial score (nSPS) is 10.6. The van der Waals surface area contributed by atoms with E-state index in [0.29, 0.717) is 19.7 Å². The molecule has 5 nitrogen and oxygen atoms in total. The minimum absolute atomic E-state index is 0.196. The molecular weight excluding hydrogens is 380 g/mol. The number of hydrogen-bond donors (Lipinski definition) is 1. The van der Waals surface area contributed by atoms with Gasteiger partial charge in [-0.1, -0.05) is 36.4 Å². The average molecular weight is 403 g/mol. The lowest BCUT2D eigenvalue weighted by atomic mass is 10.2. The Kier molecular flexibility index (Phi) is 8.67. The topological polar surface area (TPSA) is 58.6 Å². The van der Waals surface area contributed by atoms with Gasteiger partial charge in [0.2, 0.25) is 5.91 Å². The van der Waals surface area contributed by atoms with Crippen LogP contribution in [-0.2, 0) is 20.9 Å². The van der Waals surface area contributed by atoms with Crippen LogP contribution in [0.15, 0.2) is 53.9 Å². The number of carbonyl (C=O) groups is 2. The van der Waals surface area contributed by atoms with Crippen LogP contribution in [0.4, 0.5) is 0 Å². The first-order valence-electron chi connectivity index (χ1n) is 8.59. The molecule has 0 saturated carbocycles. The molecule has 0 atom stereocenters. The fraction of sp³-hybridized carbons (Fsp3) is 0.250. The number of amides is 1. The maximum Gasteiger partial charge on any atom is 0.307 e. The number of carbonyl (C=O) groups excluding carboxylic acids is 2. The second kappa shape index (κ2) is 11.3. The van der Waals surface area contributed by atoms with Gasteiger partial charge in [-0.25, -0.2) is 0 Å². The lowest BCUT2D eigenvalue weighted by Gasteiger charge is -2.25. The first-order chi connectivity index (χ1) is 13.1. The van der Waals surface area contributed by atoms with Crippen molar-refractivity contribution < 1.29 is 14.3 Å². The summed E-state index contributed by atoms with van der Waals surface area (Å²) in [6, 6.07) is 13.6. The molecule has 1 aromatic heterocycles. The molecule has 0 aliphatic rings. The highest BCUT2D eigenvalue weighted by Gasteiger charge is 2.14. The Morgan fingerprint density at radius 1 is 1.22 bits per heavy atom. The van der Waals surface area contributed by atoms with Crippen molar-refractivity contribution in [2.45, 2.75) is 19.9 Å². The minimum atomic E-state index is -0.303.